The van der Waals surface area contributed by atoms with E-state index in [2.05, 4.69) is 0 Å². The maximum Gasteiger partial charge on any atom is 0.0557 e. The maximum atomic E-state index is 6.70. The molecule has 0 amide bonds. The Morgan fingerprint density at radius 2 is 2.43 bits per heavy atom. The monoisotopic (exact) mass is 117 g/mol. The molecule has 0 aromatic heterocycles. The molecule has 1 rings (SSSR count). The van der Waals surface area contributed by atoms with Crippen LogP contribution in [0, 0.1) is 5.41 Å². The quantitative estimate of drug-likeness (QED) is 0.418. The van der Waals surface area contributed by atoms with Crippen molar-refractivity contribution in [3.63, 3.8) is 0 Å². The molecule has 0 aromatic rings. The van der Waals surface area contributed by atoms with Crippen molar-refractivity contribution < 1.29 is 4.74 Å². The third-order valence-corrected chi connectivity index (χ3v) is 1.93. The molecule has 0 aliphatic carbocycles. The Morgan fingerprint density at radius 3 is 2.57 bits per heavy atom. The van der Waals surface area contributed by atoms with Crippen LogP contribution in [0.5, 0.6) is 0 Å². The third-order valence-electron chi connectivity index (χ3n) is 0.957. The van der Waals surface area contributed by atoms with Crippen molar-refractivity contribution in [2.75, 3.05) is 13.2 Å². The first-order valence-electron chi connectivity index (χ1n) is 2.26. The molecule has 1 unspecified atom stereocenters. The summed E-state index contributed by atoms with van der Waals surface area (Å²) >= 11 is 0. The molecule has 0 bridgehead atoms. The molecular formula is C4H8NOP. The van der Waals surface area contributed by atoms with E-state index in [0.717, 1.165) is 13.2 Å². The van der Waals surface area contributed by atoms with Crippen molar-refractivity contribution in [3.05, 3.63) is 0 Å². The van der Waals surface area contributed by atoms with E-state index in [1.54, 1.807) is 0 Å². The molecule has 1 heterocycles. The van der Waals surface area contributed by atoms with E-state index in [1.807, 2.05) is 0 Å². The van der Waals surface area contributed by atoms with E-state index in [4.69, 9.17) is 10.1 Å². The third kappa shape index (κ3) is 1.22. The van der Waals surface area contributed by atoms with Gasteiger partial charge in [0.1, 0.15) is 0 Å². The van der Waals surface area contributed by atoms with Gasteiger partial charge in [0.25, 0.3) is 0 Å². The summed E-state index contributed by atoms with van der Waals surface area (Å²) in [5.74, 6) is 1.48. The van der Waals surface area contributed by atoms with Crippen LogP contribution in [-0.4, -0.2) is 24.8 Å². The van der Waals surface area contributed by atoms with Crippen molar-refractivity contribution in [3.8, 4) is 0 Å². The van der Waals surface area contributed by atoms with Gasteiger partial charge in [0.05, 0.1) is 13.2 Å². The number of hydrogen-bond acceptors (Lipinski definition) is 2. The Balaban J connectivity index is 2.03. The summed E-state index contributed by atoms with van der Waals surface area (Å²) in [4.78, 5) is 0. The molecular weight excluding hydrogens is 109 g/mol. The second-order valence-electron chi connectivity index (χ2n) is 1.55. The molecule has 1 atom stereocenters. The summed E-state index contributed by atoms with van der Waals surface area (Å²) in [6.07, 6.45) is 0. The summed E-state index contributed by atoms with van der Waals surface area (Å²) in [7, 11) is 0.692. The molecule has 1 fully saturated rings. The Hall–Kier alpha value is 0.0600. The number of ether oxygens (including phenoxy) is 1. The molecule has 1 aliphatic heterocycles. The molecule has 1 N–H and O–H groups in total. The van der Waals surface area contributed by atoms with Gasteiger partial charge in [0.2, 0.25) is 0 Å². The van der Waals surface area contributed by atoms with E-state index in [1.165, 1.54) is 5.96 Å². The van der Waals surface area contributed by atoms with Gasteiger partial charge < -0.3 is 10.1 Å². The zero-order valence-corrected chi connectivity index (χ0v) is 4.98. The van der Waals surface area contributed by atoms with Gasteiger partial charge >= 0.3 is 0 Å². The van der Waals surface area contributed by atoms with E-state index in [-0.39, 0.29) is 0 Å². The predicted molar refractivity (Wildman–Crippen MR) is 31.7 cm³/mol. The van der Waals surface area contributed by atoms with E-state index >= 15 is 0 Å². The summed E-state index contributed by atoms with van der Waals surface area (Å²) in [5.41, 5.74) is 0.692. The van der Waals surface area contributed by atoms with Crippen LogP contribution in [0.25, 0.3) is 0 Å². The number of nitrogens with one attached hydrogen (secondary N) is 1. The minimum absolute atomic E-state index is 0.692. The van der Waals surface area contributed by atoms with Crippen molar-refractivity contribution in [2.45, 2.75) is 5.66 Å². The van der Waals surface area contributed by atoms with Crippen LogP contribution >= 0.6 is 8.58 Å². The highest BCUT2D eigenvalue weighted by molar-refractivity contribution is 7.56. The largest absolute Gasteiger partial charge is 0.380 e. The highest BCUT2D eigenvalue weighted by Gasteiger charge is 2.15. The minimum atomic E-state index is 0.692. The lowest BCUT2D eigenvalue weighted by Gasteiger charge is -2.23. The van der Waals surface area contributed by atoms with Gasteiger partial charge in [-0.15, -0.1) is 0 Å². The highest BCUT2D eigenvalue weighted by Crippen LogP contribution is 2.21. The van der Waals surface area contributed by atoms with Crippen molar-refractivity contribution in [2.24, 2.45) is 0 Å². The second-order valence-corrected chi connectivity index (χ2v) is 2.98. The van der Waals surface area contributed by atoms with Crippen molar-refractivity contribution in [1.82, 2.24) is 0 Å². The van der Waals surface area contributed by atoms with Crippen LogP contribution in [0.2, 0.25) is 0 Å². The maximum absolute atomic E-state index is 6.70. The molecule has 40 valence electrons. The first-order chi connectivity index (χ1) is 3.43. The van der Waals surface area contributed by atoms with Crippen LogP contribution in [0.4, 0.5) is 0 Å². The predicted octanol–water partition coefficient (Wildman–Crippen LogP) is 0.671. The SMILES string of the molecule is N=CPC1COC1. The van der Waals surface area contributed by atoms with Crippen LogP contribution < -0.4 is 0 Å². The molecule has 1 aliphatic rings. The van der Waals surface area contributed by atoms with Crippen molar-refractivity contribution >= 4 is 14.5 Å². The van der Waals surface area contributed by atoms with Gasteiger partial charge in [-0.25, -0.2) is 0 Å². The first kappa shape index (κ1) is 5.20. The summed E-state index contributed by atoms with van der Waals surface area (Å²) in [6.45, 7) is 1.77. The van der Waals surface area contributed by atoms with Crippen molar-refractivity contribution in [1.29, 1.82) is 5.41 Å². The fourth-order valence-electron chi connectivity index (χ4n) is 0.450. The average Bonchev–Trinajstić information content (AvgIpc) is 1.55. The van der Waals surface area contributed by atoms with Crippen LogP contribution in [-0.2, 0) is 4.74 Å². The Morgan fingerprint density at radius 1 is 1.71 bits per heavy atom. The number of rotatable bonds is 2. The smallest absolute Gasteiger partial charge is 0.0557 e. The molecule has 3 heteroatoms. The standard InChI is InChI=1S/C4H8NOP/c5-3-7-4-1-6-2-4/h3-5,7H,1-2H2. The lowest BCUT2D eigenvalue weighted by molar-refractivity contribution is 0.0446. The fourth-order valence-corrected chi connectivity index (χ4v) is 1.11. The molecule has 2 nitrogen and oxygen atoms in total. The lowest BCUT2D eigenvalue weighted by Crippen LogP contribution is -2.28. The van der Waals surface area contributed by atoms with E-state index in [9.17, 15) is 0 Å². The fraction of sp³-hybridized carbons (Fsp3) is 0.750. The average molecular weight is 117 g/mol. The zero-order valence-electron chi connectivity index (χ0n) is 3.98. The Bertz CT molecular complexity index is 72.1. The Labute approximate surface area is 44.5 Å². The molecule has 0 spiro atoms. The first-order valence-corrected chi connectivity index (χ1v) is 3.41. The minimum Gasteiger partial charge on any atom is -0.380 e. The van der Waals surface area contributed by atoms with E-state index < -0.39 is 0 Å². The zero-order chi connectivity index (χ0) is 5.11. The van der Waals surface area contributed by atoms with Gasteiger partial charge in [-0.05, 0) is 0 Å². The molecule has 1 saturated heterocycles. The summed E-state index contributed by atoms with van der Waals surface area (Å²) < 4.78 is 4.89. The molecule has 0 saturated carbocycles. The van der Waals surface area contributed by atoms with Gasteiger partial charge in [-0.1, -0.05) is 8.58 Å². The molecule has 7 heavy (non-hydrogen) atoms. The van der Waals surface area contributed by atoms with Crippen LogP contribution in [0.3, 0.4) is 0 Å². The summed E-state index contributed by atoms with van der Waals surface area (Å²) in [5, 5.41) is 6.70. The van der Waals surface area contributed by atoms with Crippen LogP contribution in [0.1, 0.15) is 0 Å². The second kappa shape index (κ2) is 2.39. The summed E-state index contributed by atoms with van der Waals surface area (Å²) in [6, 6.07) is 0. The lowest BCUT2D eigenvalue weighted by atomic mass is 10.4. The van der Waals surface area contributed by atoms with Gasteiger partial charge in [-0.2, -0.15) is 0 Å². The normalized spacial score (nSPS) is 22.9. The Kier molecular flexibility index (Phi) is 1.77. The topological polar surface area (TPSA) is 33.1 Å². The molecule has 0 radical (unpaired) electrons. The van der Waals surface area contributed by atoms with E-state index in [0.29, 0.717) is 14.2 Å². The van der Waals surface area contributed by atoms with Crippen LogP contribution in [0.15, 0.2) is 0 Å². The highest BCUT2D eigenvalue weighted by atomic mass is 31.1. The number of hydrogen-bond donors (Lipinski definition) is 1. The van der Waals surface area contributed by atoms with Gasteiger partial charge in [0, 0.05) is 11.6 Å². The molecule has 0 aromatic carbocycles. The van der Waals surface area contributed by atoms with Gasteiger partial charge in [-0.3, -0.25) is 0 Å². The van der Waals surface area contributed by atoms with Gasteiger partial charge in [0.15, 0.2) is 0 Å².